The third-order valence-electron chi connectivity index (χ3n) is 3.45. The van der Waals surface area contributed by atoms with Crippen LogP contribution in [0.15, 0.2) is 30.3 Å². The fraction of sp³-hybridized carbons (Fsp3) is 0.562. The second-order valence-corrected chi connectivity index (χ2v) is 5.28. The molecule has 0 aliphatic rings. The van der Waals surface area contributed by atoms with Gasteiger partial charge in [0.15, 0.2) is 0 Å². The summed E-state index contributed by atoms with van der Waals surface area (Å²) in [6.45, 7) is 6.85. The molecule has 0 bridgehead atoms. The number of hydrogen-bond donors (Lipinski definition) is 1. The summed E-state index contributed by atoms with van der Waals surface area (Å²) in [5.41, 5.74) is 6.91. The zero-order valence-electron chi connectivity index (χ0n) is 12.7. The van der Waals surface area contributed by atoms with E-state index in [0.29, 0.717) is 13.0 Å². The van der Waals surface area contributed by atoms with Crippen LogP contribution in [0.2, 0.25) is 0 Å². The van der Waals surface area contributed by atoms with Crippen LogP contribution in [0.3, 0.4) is 0 Å². The van der Waals surface area contributed by atoms with Crippen molar-refractivity contribution in [2.24, 2.45) is 5.73 Å². The van der Waals surface area contributed by atoms with Crippen LogP contribution in [0.1, 0.15) is 45.6 Å². The number of benzene rings is 1. The van der Waals surface area contributed by atoms with Crippen LogP contribution in [0.5, 0.6) is 0 Å². The molecule has 2 unspecified atom stereocenters. The molecule has 1 aromatic rings. The molecule has 4 heteroatoms. The van der Waals surface area contributed by atoms with Crippen LogP contribution in [-0.4, -0.2) is 22.9 Å². The topological polar surface area (TPSA) is 46.3 Å². The van der Waals surface area contributed by atoms with E-state index in [1.54, 1.807) is 0 Å². The minimum Gasteiger partial charge on any atom is -0.336 e. The molecule has 0 radical (unpaired) electrons. The van der Waals surface area contributed by atoms with Gasteiger partial charge in [-0.1, -0.05) is 37.3 Å². The minimum atomic E-state index is 0. The predicted octanol–water partition coefficient (Wildman–Crippen LogP) is 3.36. The number of hydrogen-bond acceptors (Lipinski definition) is 2. The van der Waals surface area contributed by atoms with Crippen LogP contribution >= 0.6 is 12.4 Å². The molecule has 1 amide bonds. The smallest absolute Gasteiger partial charge is 0.223 e. The molecule has 1 aromatic carbocycles. The first-order valence-corrected chi connectivity index (χ1v) is 7.13. The molecule has 0 aliphatic heterocycles. The lowest BCUT2D eigenvalue weighted by atomic mass is 10.1. The number of carbonyl (C=O) groups is 1. The molecule has 0 heterocycles. The van der Waals surface area contributed by atoms with Crippen molar-refractivity contribution in [3.8, 4) is 0 Å². The van der Waals surface area contributed by atoms with Gasteiger partial charge >= 0.3 is 0 Å². The second kappa shape index (κ2) is 9.78. The van der Waals surface area contributed by atoms with Gasteiger partial charge in [-0.3, -0.25) is 4.79 Å². The summed E-state index contributed by atoms with van der Waals surface area (Å²) in [5.74, 6) is 0.204. The molecule has 3 nitrogen and oxygen atoms in total. The van der Waals surface area contributed by atoms with E-state index in [1.165, 1.54) is 5.56 Å². The Morgan fingerprint density at radius 2 is 1.85 bits per heavy atom. The maximum absolute atomic E-state index is 12.3. The highest BCUT2D eigenvalue weighted by molar-refractivity contribution is 5.85. The van der Waals surface area contributed by atoms with Gasteiger partial charge in [-0.2, -0.15) is 0 Å². The van der Waals surface area contributed by atoms with E-state index < -0.39 is 0 Å². The zero-order valence-corrected chi connectivity index (χ0v) is 13.5. The van der Waals surface area contributed by atoms with Crippen LogP contribution in [0.4, 0.5) is 0 Å². The molecule has 0 saturated carbocycles. The van der Waals surface area contributed by atoms with E-state index in [0.717, 1.165) is 12.8 Å². The Labute approximate surface area is 128 Å². The Morgan fingerprint density at radius 1 is 1.25 bits per heavy atom. The normalized spacial score (nSPS) is 13.2. The maximum atomic E-state index is 12.3. The highest BCUT2D eigenvalue weighted by Gasteiger charge is 2.19. The van der Waals surface area contributed by atoms with Gasteiger partial charge in [0.25, 0.3) is 0 Å². The van der Waals surface area contributed by atoms with Crippen molar-refractivity contribution >= 4 is 18.3 Å². The molecule has 20 heavy (non-hydrogen) atoms. The Morgan fingerprint density at radius 3 is 2.35 bits per heavy atom. The van der Waals surface area contributed by atoms with Crippen molar-refractivity contribution in [2.75, 3.05) is 0 Å². The van der Waals surface area contributed by atoms with Gasteiger partial charge in [0.2, 0.25) is 5.91 Å². The lowest BCUT2D eigenvalue weighted by Gasteiger charge is -2.29. The second-order valence-electron chi connectivity index (χ2n) is 5.28. The average molecular weight is 299 g/mol. The summed E-state index contributed by atoms with van der Waals surface area (Å²) in [6.07, 6.45) is 2.26. The zero-order chi connectivity index (χ0) is 14.3. The fourth-order valence-electron chi connectivity index (χ4n) is 1.99. The molecule has 0 saturated heterocycles. The Balaban J connectivity index is 0.00000361. The van der Waals surface area contributed by atoms with E-state index in [1.807, 2.05) is 30.0 Å². The lowest BCUT2D eigenvalue weighted by molar-refractivity contribution is -0.134. The van der Waals surface area contributed by atoms with Crippen molar-refractivity contribution in [3.05, 3.63) is 35.9 Å². The molecule has 0 spiro atoms. The minimum absolute atomic E-state index is 0. The summed E-state index contributed by atoms with van der Waals surface area (Å²) < 4.78 is 0. The largest absolute Gasteiger partial charge is 0.336 e. The molecular formula is C16H27ClN2O. The van der Waals surface area contributed by atoms with Gasteiger partial charge in [0.05, 0.1) is 0 Å². The summed E-state index contributed by atoms with van der Waals surface area (Å²) in [5, 5.41) is 0. The summed E-state index contributed by atoms with van der Waals surface area (Å²) in [4.78, 5) is 14.3. The quantitative estimate of drug-likeness (QED) is 0.839. The van der Waals surface area contributed by atoms with E-state index in [2.05, 4.69) is 26.0 Å². The highest BCUT2D eigenvalue weighted by Crippen LogP contribution is 2.13. The summed E-state index contributed by atoms with van der Waals surface area (Å²) in [7, 11) is 0. The molecule has 2 N–H and O–H groups in total. The number of rotatable bonds is 7. The number of halogens is 1. The average Bonchev–Trinajstić information content (AvgIpc) is 2.42. The number of carbonyl (C=O) groups excluding carboxylic acids is 1. The van der Waals surface area contributed by atoms with Crippen molar-refractivity contribution in [1.82, 2.24) is 4.90 Å². The van der Waals surface area contributed by atoms with Crippen molar-refractivity contribution in [1.29, 1.82) is 0 Å². The molecule has 0 aromatic heterocycles. The Hall–Kier alpha value is -1.06. The standard InChI is InChI=1S/C16H26N2O.ClH/c1-4-14(3)18(16(19)11-10-13(2)17)12-15-8-6-5-7-9-15;/h5-9,13-14H,4,10-12,17H2,1-3H3;1H. The maximum Gasteiger partial charge on any atom is 0.223 e. The third kappa shape index (κ3) is 6.40. The van der Waals surface area contributed by atoms with Crippen LogP contribution in [-0.2, 0) is 11.3 Å². The number of nitrogens with two attached hydrogens (primary N) is 1. The number of nitrogens with zero attached hydrogens (tertiary/aromatic N) is 1. The fourth-order valence-corrected chi connectivity index (χ4v) is 1.99. The van der Waals surface area contributed by atoms with Gasteiger partial charge in [-0.25, -0.2) is 0 Å². The van der Waals surface area contributed by atoms with E-state index in [4.69, 9.17) is 5.73 Å². The third-order valence-corrected chi connectivity index (χ3v) is 3.45. The lowest BCUT2D eigenvalue weighted by Crippen LogP contribution is -2.38. The first-order valence-electron chi connectivity index (χ1n) is 7.13. The van der Waals surface area contributed by atoms with Gasteiger partial charge in [-0.15, -0.1) is 12.4 Å². The van der Waals surface area contributed by atoms with Crippen molar-refractivity contribution < 1.29 is 4.79 Å². The van der Waals surface area contributed by atoms with Crippen molar-refractivity contribution in [3.63, 3.8) is 0 Å². The number of amides is 1. The SMILES string of the molecule is CCC(C)N(Cc1ccccc1)C(=O)CCC(C)N.Cl. The monoisotopic (exact) mass is 298 g/mol. The van der Waals surface area contributed by atoms with Crippen LogP contribution in [0, 0.1) is 0 Å². The highest BCUT2D eigenvalue weighted by atomic mass is 35.5. The molecule has 0 aliphatic carbocycles. The molecule has 2 atom stereocenters. The predicted molar refractivity (Wildman–Crippen MR) is 86.9 cm³/mol. The van der Waals surface area contributed by atoms with Gasteiger partial charge in [0, 0.05) is 25.0 Å². The van der Waals surface area contributed by atoms with Gasteiger partial charge in [0.1, 0.15) is 0 Å². The molecule has 0 fully saturated rings. The van der Waals surface area contributed by atoms with Gasteiger partial charge in [-0.05, 0) is 32.3 Å². The first kappa shape index (κ1) is 18.9. The van der Waals surface area contributed by atoms with E-state index in [-0.39, 0.29) is 30.4 Å². The summed E-state index contributed by atoms with van der Waals surface area (Å²) >= 11 is 0. The van der Waals surface area contributed by atoms with Crippen molar-refractivity contribution in [2.45, 2.75) is 58.7 Å². The Kier molecular flexibility index (Phi) is 9.26. The van der Waals surface area contributed by atoms with E-state index in [9.17, 15) is 4.79 Å². The molecular weight excluding hydrogens is 272 g/mol. The van der Waals surface area contributed by atoms with Crippen LogP contribution in [0.25, 0.3) is 0 Å². The first-order chi connectivity index (χ1) is 9.04. The molecule has 1 rings (SSSR count). The van der Waals surface area contributed by atoms with Gasteiger partial charge < -0.3 is 10.6 Å². The molecule has 114 valence electrons. The Bertz CT molecular complexity index is 381. The summed E-state index contributed by atoms with van der Waals surface area (Å²) in [6, 6.07) is 10.5. The van der Waals surface area contributed by atoms with Crippen LogP contribution < -0.4 is 5.73 Å². The van der Waals surface area contributed by atoms with E-state index >= 15 is 0 Å².